The number of nitrogens with zero attached hydrogens (tertiary/aromatic N) is 1. The summed E-state index contributed by atoms with van der Waals surface area (Å²) in [6.07, 6.45) is 2.78. The summed E-state index contributed by atoms with van der Waals surface area (Å²) in [6.45, 7) is 0.183. The third kappa shape index (κ3) is 5.87. The maximum atomic E-state index is 12.6. The first-order valence-electron chi connectivity index (χ1n) is 12.5. The fourth-order valence-electron chi connectivity index (χ4n) is 4.91. The Morgan fingerprint density at radius 3 is 2.53 bits per heavy atom. The molecule has 4 atom stereocenters. The maximum Gasteiger partial charge on any atom is 0.323 e. The van der Waals surface area contributed by atoms with Crippen molar-refractivity contribution in [3.63, 3.8) is 0 Å². The highest BCUT2D eigenvalue weighted by molar-refractivity contribution is 5.99. The summed E-state index contributed by atoms with van der Waals surface area (Å²) in [7, 11) is 1.58. The lowest BCUT2D eigenvalue weighted by Gasteiger charge is -2.37. The molecule has 5 rings (SSSR count). The molecule has 1 fully saturated rings. The minimum absolute atomic E-state index is 0.0831. The molecular weight excluding hydrogens is 488 g/mol. The molecule has 2 aliphatic rings. The molecule has 198 valence electrons. The third-order valence-corrected chi connectivity index (χ3v) is 6.76. The van der Waals surface area contributed by atoms with Gasteiger partial charge in [-0.25, -0.2) is 4.79 Å². The number of aliphatic hydroxyl groups excluding tert-OH is 1. The largest absolute Gasteiger partial charge is 0.497 e. The summed E-state index contributed by atoms with van der Waals surface area (Å²) in [5, 5.41) is 18.6. The topological polar surface area (TPSA) is 131 Å². The van der Waals surface area contributed by atoms with Gasteiger partial charge in [0.05, 0.1) is 26.2 Å². The van der Waals surface area contributed by atoms with Crippen LogP contribution in [0.3, 0.4) is 0 Å². The number of ether oxygens (including phenoxy) is 3. The number of benzene rings is 2. The molecule has 0 bridgehead atoms. The second-order valence-corrected chi connectivity index (χ2v) is 9.30. The van der Waals surface area contributed by atoms with Crippen LogP contribution in [0.1, 0.15) is 29.9 Å². The van der Waals surface area contributed by atoms with Gasteiger partial charge in [-0.1, -0.05) is 0 Å². The lowest BCUT2D eigenvalue weighted by atomic mass is 9.84. The van der Waals surface area contributed by atoms with Crippen LogP contribution in [0.15, 0.2) is 67.0 Å². The van der Waals surface area contributed by atoms with E-state index in [0.29, 0.717) is 35.8 Å². The van der Waals surface area contributed by atoms with E-state index < -0.39 is 6.10 Å². The Labute approximate surface area is 220 Å². The molecule has 0 unspecified atom stereocenters. The van der Waals surface area contributed by atoms with Crippen LogP contribution in [0.5, 0.6) is 11.5 Å². The highest BCUT2D eigenvalue weighted by Gasteiger charge is 2.46. The maximum absolute atomic E-state index is 12.6. The lowest BCUT2D eigenvalue weighted by molar-refractivity contribution is -0.142. The zero-order chi connectivity index (χ0) is 26.5. The van der Waals surface area contributed by atoms with Crippen LogP contribution in [-0.2, 0) is 16.1 Å². The second-order valence-electron chi connectivity index (χ2n) is 9.30. The molecule has 2 aliphatic heterocycles. The van der Waals surface area contributed by atoms with Gasteiger partial charge in [-0.05, 0) is 66.6 Å². The van der Waals surface area contributed by atoms with Crippen LogP contribution in [0, 0.1) is 0 Å². The molecule has 38 heavy (non-hydrogen) atoms. The Bertz CT molecular complexity index is 1270. The van der Waals surface area contributed by atoms with Crippen LogP contribution in [0.4, 0.5) is 16.2 Å². The number of carbonyl (C=O) groups excluding carboxylic acids is 2. The Morgan fingerprint density at radius 1 is 1.05 bits per heavy atom. The van der Waals surface area contributed by atoms with E-state index >= 15 is 0 Å². The summed E-state index contributed by atoms with van der Waals surface area (Å²) in [5.41, 5.74) is 3.12. The lowest BCUT2D eigenvalue weighted by Crippen LogP contribution is -2.47. The molecule has 3 aromatic rings. The molecule has 0 aliphatic carbocycles. The van der Waals surface area contributed by atoms with Crippen LogP contribution in [-0.4, -0.2) is 54.1 Å². The number of aromatic nitrogens is 1. The van der Waals surface area contributed by atoms with Gasteiger partial charge in [-0.15, -0.1) is 0 Å². The summed E-state index contributed by atoms with van der Waals surface area (Å²) >= 11 is 0. The zero-order valence-corrected chi connectivity index (χ0v) is 20.9. The van der Waals surface area contributed by atoms with Crippen molar-refractivity contribution in [3.8, 4) is 11.5 Å². The van der Waals surface area contributed by atoms with Gasteiger partial charge in [-0.2, -0.15) is 0 Å². The Hall–Kier alpha value is -4.15. The Balaban J connectivity index is 1.22. The van der Waals surface area contributed by atoms with Gasteiger partial charge in [0.2, 0.25) is 5.91 Å². The number of carbonyl (C=O) groups is 2. The second kappa shape index (κ2) is 11.5. The van der Waals surface area contributed by atoms with E-state index in [2.05, 4.69) is 20.9 Å². The number of urea groups is 1. The first-order valence-corrected chi connectivity index (χ1v) is 12.5. The molecule has 10 nitrogen and oxygen atoms in total. The number of pyridine rings is 1. The van der Waals surface area contributed by atoms with Crippen LogP contribution in [0.25, 0.3) is 0 Å². The summed E-state index contributed by atoms with van der Waals surface area (Å²) in [5.74, 6) is 1.17. The quantitative estimate of drug-likeness (QED) is 0.359. The van der Waals surface area contributed by atoms with Crippen molar-refractivity contribution in [1.29, 1.82) is 0 Å². The van der Waals surface area contributed by atoms with Crippen molar-refractivity contribution in [2.75, 3.05) is 24.4 Å². The standard InChI is InChI=1S/C28H30N4O6/c1-36-20-5-2-18(3-6-20)31-28(35)32-19-4-7-24-22(12-19)23-13-21(37-25(16-33)27(23)38-24)14-26(34)30-15-17-8-10-29-11-9-17/h2-12,21,23,25,27,33H,13-16H2,1H3,(H,30,34)(H2,31,32,35)/t21-,23-,25-,27+/m0/s1. The van der Waals surface area contributed by atoms with E-state index in [-0.39, 0.29) is 43.1 Å². The molecule has 2 aromatic carbocycles. The smallest absolute Gasteiger partial charge is 0.323 e. The highest BCUT2D eigenvalue weighted by Crippen LogP contribution is 2.47. The molecule has 0 radical (unpaired) electrons. The number of aliphatic hydroxyl groups is 1. The van der Waals surface area contributed by atoms with Crippen LogP contribution >= 0.6 is 0 Å². The summed E-state index contributed by atoms with van der Waals surface area (Å²) < 4.78 is 17.3. The highest BCUT2D eigenvalue weighted by atomic mass is 16.6. The molecular formula is C28H30N4O6. The van der Waals surface area contributed by atoms with Gasteiger partial charge in [0.1, 0.15) is 23.7 Å². The molecule has 4 N–H and O–H groups in total. The molecule has 0 saturated carbocycles. The molecule has 1 aromatic heterocycles. The minimum Gasteiger partial charge on any atom is -0.497 e. The van der Waals surface area contributed by atoms with Gasteiger partial charge < -0.3 is 35.3 Å². The fraction of sp³-hybridized carbons (Fsp3) is 0.321. The van der Waals surface area contributed by atoms with Gasteiger partial charge in [0.25, 0.3) is 0 Å². The number of hydrogen-bond acceptors (Lipinski definition) is 7. The molecule has 10 heteroatoms. The number of anilines is 2. The van der Waals surface area contributed by atoms with Crippen LogP contribution in [0.2, 0.25) is 0 Å². The average molecular weight is 519 g/mol. The monoisotopic (exact) mass is 518 g/mol. The van der Waals surface area contributed by atoms with E-state index in [9.17, 15) is 14.7 Å². The van der Waals surface area contributed by atoms with E-state index in [0.717, 1.165) is 11.1 Å². The van der Waals surface area contributed by atoms with E-state index in [4.69, 9.17) is 14.2 Å². The third-order valence-electron chi connectivity index (χ3n) is 6.76. The summed E-state index contributed by atoms with van der Waals surface area (Å²) in [4.78, 5) is 29.2. The molecule has 3 amide bonds. The summed E-state index contributed by atoms with van der Waals surface area (Å²) in [6, 6.07) is 15.8. The van der Waals surface area contributed by atoms with Crippen molar-refractivity contribution >= 4 is 23.3 Å². The molecule has 3 heterocycles. The predicted molar refractivity (Wildman–Crippen MR) is 140 cm³/mol. The van der Waals surface area contributed by atoms with Gasteiger partial charge in [0.15, 0.2) is 0 Å². The normalized spacial score (nSPS) is 21.4. The van der Waals surface area contributed by atoms with Crippen molar-refractivity contribution in [1.82, 2.24) is 10.3 Å². The number of fused-ring (bicyclic) bond motifs is 3. The van der Waals surface area contributed by atoms with E-state index in [1.807, 2.05) is 24.3 Å². The number of amides is 3. The average Bonchev–Trinajstić information content (AvgIpc) is 3.30. The van der Waals surface area contributed by atoms with Crippen molar-refractivity contribution in [3.05, 3.63) is 78.1 Å². The van der Waals surface area contributed by atoms with Crippen molar-refractivity contribution in [2.24, 2.45) is 0 Å². The van der Waals surface area contributed by atoms with E-state index in [1.165, 1.54) is 0 Å². The first-order chi connectivity index (χ1) is 18.5. The first kappa shape index (κ1) is 25.5. The number of nitrogens with one attached hydrogen (secondary N) is 3. The number of rotatable bonds is 8. The fourth-order valence-corrected chi connectivity index (χ4v) is 4.91. The Kier molecular flexibility index (Phi) is 7.71. The van der Waals surface area contributed by atoms with E-state index in [1.54, 1.807) is 49.8 Å². The molecule has 1 saturated heterocycles. The minimum atomic E-state index is -0.561. The van der Waals surface area contributed by atoms with Gasteiger partial charge >= 0.3 is 6.03 Å². The van der Waals surface area contributed by atoms with Gasteiger partial charge in [-0.3, -0.25) is 9.78 Å². The molecule has 0 spiro atoms. The SMILES string of the molecule is COc1ccc(NC(=O)Nc2ccc3c(c2)[C@@H]2C[C@@H](CC(=O)NCc4ccncc4)O[C@@H](CO)[C@@H]2O3)cc1. The van der Waals surface area contributed by atoms with Crippen molar-refractivity contribution in [2.45, 2.75) is 43.6 Å². The predicted octanol–water partition coefficient (Wildman–Crippen LogP) is 3.44. The number of methoxy groups -OCH3 is 1. The Morgan fingerprint density at radius 2 is 1.79 bits per heavy atom. The zero-order valence-electron chi connectivity index (χ0n) is 20.9. The van der Waals surface area contributed by atoms with Gasteiger partial charge in [0, 0.05) is 41.8 Å². The van der Waals surface area contributed by atoms with Crippen LogP contribution < -0.4 is 25.4 Å². The number of hydrogen-bond donors (Lipinski definition) is 4. The van der Waals surface area contributed by atoms with Crippen molar-refractivity contribution < 1.29 is 28.9 Å².